The number of benzene rings is 1. The highest BCUT2D eigenvalue weighted by Gasteiger charge is 2.10. The molecule has 2 nitrogen and oxygen atoms in total. The van der Waals surface area contributed by atoms with Crippen LogP contribution in [0.2, 0.25) is 0 Å². The quantitative estimate of drug-likeness (QED) is 0.828. The Hall–Kier alpha value is -1.52. The van der Waals surface area contributed by atoms with Crippen molar-refractivity contribution in [1.29, 1.82) is 0 Å². The Morgan fingerprint density at radius 2 is 2.10 bits per heavy atom. The molecular formula is C17H19FN2S. The van der Waals surface area contributed by atoms with Gasteiger partial charge in [0.1, 0.15) is 10.8 Å². The molecule has 21 heavy (non-hydrogen) atoms. The number of allylic oxidation sites excluding steroid dienone is 2. The van der Waals surface area contributed by atoms with Gasteiger partial charge in [-0.3, -0.25) is 0 Å². The zero-order chi connectivity index (χ0) is 14.5. The maximum absolute atomic E-state index is 12.9. The summed E-state index contributed by atoms with van der Waals surface area (Å²) >= 11 is 1.61. The van der Waals surface area contributed by atoms with Crippen molar-refractivity contribution in [3.63, 3.8) is 0 Å². The van der Waals surface area contributed by atoms with E-state index in [2.05, 4.69) is 27.8 Å². The molecule has 1 atom stereocenters. The molecule has 4 heteroatoms. The Balaban J connectivity index is 1.53. The average molecular weight is 302 g/mol. The van der Waals surface area contributed by atoms with Gasteiger partial charge in [-0.15, -0.1) is 11.3 Å². The number of hydrogen-bond acceptors (Lipinski definition) is 3. The second kappa shape index (κ2) is 6.96. The number of nitrogens with one attached hydrogen (secondary N) is 1. The third kappa shape index (κ3) is 3.99. The molecule has 1 unspecified atom stereocenters. The third-order valence-electron chi connectivity index (χ3n) is 3.76. The maximum Gasteiger partial charge on any atom is 0.123 e. The standard InChI is InChI=1S/C17H19FN2S/c18-15-8-6-14(7-9-15)17-20-16(12-21-17)11-19-10-13-4-2-1-3-5-13/h1-2,6-9,12-13,19H,3-5,10-11H2. The van der Waals surface area contributed by atoms with E-state index >= 15 is 0 Å². The third-order valence-corrected chi connectivity index (χ3v) is 4.70. The summed E-state index contributed by atoms with van der Waals surface area (Å²) in [5, 5.41) is 6.52. The van der Waals surface area contributed by atoms with Crippen molar-refractivity contribution in [3.8, 4) is 10.6 Å². The molecule has 1 aromatic carbocycles. The first-order valence-electron chi connectivity index (χ1n) is 7.37. The summed E-state index contributed by atoms with van der Waals surface area (Å²) in [5.74, 6) is 0.545. The van der Waals surface area contributed by atoms with Crippen molar-refractivity contribution in [3.05, 3.63) is 53.3 Å². The van der Waals surface area contributed by atoms with E-state index in [1.807, 2.05) is 0 Å². The van der Waals surface area contributed by atoms with E-state index in [9.17, 15) is 4.39 Å². The van der Waals surface area contributed by atoms with E-state index < -0.39 is 0 Å². The van der Waals surface area contributed by atoms with E-state index in [0.717, 1.165) is 35.3 Å². The van der Waals surface area contributed by atoms with E-state index in [1.165, 1.54) is 31.4 Å². The lowest BCUT2D eigenvalue weighted by Gasteiger charge is -2.17. The smallest absolute Gasteiger partial charge is 0.123 e. The molecule has 1 aliphatic carbocycles. The largest absolute Gasteiger partial charge is 0.311 e. The molecule has 110 valence electrons. The summed E-state index contributed by atoms with van der Waals surface area (Å²) in [6.07, 6.45) is 8.22. The number of aromatic nitrogens is 1. The van der Waals surface area contributed by atoms with Crippen LogP contribution in [0.25, 0.3) is 10.6 Å². The number of rotatable bonds is 5. The van der Waals surface area contributed by atoms with Gasteiger partial charge in [-0.2, -0.15) is 0 Å². The number of hydrogen-bond donors (Lipinski definition) is 1. The van der Waals surface area contributed by atoms with Gasteiger partial charge in [0, 0.05) is 17.5 Å². The molecule has 3 rings (SSSR count). The lowest BCUT2D eigenvalue weighted by molar-refractivity contribution is 0.439. The molecular weight excluding hydrogens is 283 g/mol. The molecule has 0 saturated carbocycles. The van der Waals surface area contributed by atoms with E-state index in [4.69, 9.17) is 0 Å². The Kier molecular flexibility index (Phi) is 4.78. The van der Waals surface area contributed by atoms with Crippen LogP contribution in [-0.4, -0.2) is 11.5 Å². The topological polar surface area (TPSA) is 24.9 Å². The van der Waals surface area contributed by atoms with Crippen molar-refractivity contribution in [2.75, 3.05) is 6.54 Å². The van der Waals surface area contributed by atoms with Crippen LogP contribution in [0.4, 0.5) is 4.39 Å². The van der Waals surface area contributed by atoms with Gasteiger partial charge in [0.25, 0.3) is 0 Å². The zero-order valence-corrected chi connectivity index (χ0v) is 12.7. The summed E-state index contributed by atoms with van der Waals surface area (Å²) in [6, 6.07) is 6.51. The molecule has 0 radical (unpaired) electrons. The highest BCUT2D eigenvalue weighted by molar-refractivity contribution is 7.13. The normalized spacial score (nSPS) is 18.0. The summed E-state index contributed by atoms with van der Waals surface area (Å²) in [6.45, 7) is 1.85. The monoisotopic (exact) mass is 302 g/mol. The van der Waals surface area contributed by atoms with Crippen LogP contribution in [0.3, 0.4) is 0 Å². The Bertz CT molecular complexity index is 604. The molecule has 0 amide bonds. The van der Waals surface area contributed by atoms with Crippen LogP contribution in [-0.2, 0) is 6.54 Å². The van der Waals surface area contributed by atoms with Gasteiger partial charge in [0.15, 0.2) is 0 Å². The second-order valence-electron chi connectivity index (χ2n) is 5.43. The molecule has 0 spiro atoms. The molecule has 0 aliphatic heterocycles. The summed E-state index contributed by atoms with van der Waals surface area (Å²) < 4.78 is 12.9. The molecule has 1 aliphatic rings. The van der Waals surface area contributed by atoms with E-state index in [1.54, 1.807) is 23.5 Å². The first-order valence-corrected chi connectivity index (χ1v) is 8.25. The predicted molar refractivity (Wildman–Crippen MR) is 85.7 cm³/mol. The van der Waals surface area contributed by atoms with E-state index in [0.29, 0.717) is 0 Å². The molecule has 0 bridgehead atoms. The van der Waals surface area contributed by atoms with Gasteiger partial charge in [-0.25, -0.2) is 9.37 Å². The Morgan fingerprint density at radius 3 is 2.86 bits per heavy atom. The minimum Gasteiger partial charge on any atom is -0.311 e. The first kappa shape index (κ1) is 14.4. The fourth-order valence-corrected chi connectivity index (χ4v) is 3.39. The van der Waals surface area contributed by atoms with Crippen molar-refractivity contribution < 1.29 is 4.39 Å². The van der Waals surface area contributed by atoms with Gasteiger partial charge < -0.3 is 5.32 Å². The van der Waals surface area contributed by atoms with Crippen molar-refractivity contribution in [2.24, 2.45) is 5.92 Å². The minimum atomic E-state index is -0.210. The number of thiazole rings is 1. The van der Waals surface area contributed by atoms with Gasteiger partial charge in [-0.05, 0) is 56.0 Å². The highest BCUT2D eigenvalue weighted by Crippen LogP contribution is 2.24. The van der Waals surface area contributed by atoms with Gasteiger partial charge in [-0.1, -0.05) is 12.2 Å². The van der Waals surface area contributed by atoms with Gasteiger partial charge in [0.2, 0.25) is 0 Å². The van der Waals surface area contributed by atoms with Crippen LogP contribution < -0.4 is 5.32 Å². The highest BCUT2D eigenvalue weighted by atomic mass is 32.1. The summed E-state index contributed by atoms with van der Waals surface area (Å²) in [7, 11) is 0. The van der Waals surface area contributed by atoms with Crippen LogP contribution >= 0.6 is 11.3 Å². The molecule has 0 fully saturated rings. The number of nitrogens with zero attached hydrogens (tertiary/aromatic N) is 1. The summed E-state index contributed by atoms with van der Waals surface area (Å²) in [5.41, 5.74) is 2.04. The predicted octanol–water partition coefficient (Wildman–Crippen LogP) is 4.40. The second-order valence-corrected chi connectivity index (χ2v) is 6.29. The Morgan fingerprint density at radius 1 is 1.24 bits per heavy atom. The van der Waals surface area contributed by atoms with Crippen LogP contribution in [0.5, 0.6) is 0 Å². The van der Waals surface area contributed by atoms with Crippen LogP contribution in [0, 0.1) is 11.7 Å². The average Bonchev–Trinajstić information content (AvgIpc) is 2.98. The van der Waals surface area contributed by atoms with Gasteiger partial charge in [0.05, 0.1) is 5.69 Å². The minimum absolute atomic E-state index is 0.210. The lowest BCUT2D eigenvalue weighted by atomic mass is 9.94. The van der Waals surface area contributed by atoms with Crippen LogP contribution in [0.15, 0.2) is 41.8 Å². The van der Waals surface area contributed by atoms with Crippen molar-refractivity contribution in [1.82, 2.24) is 10.3 Å². The molecule has 1 N–H and O–H groups in total. The molecule has 1 heterocycles. The van der Waals surface area contributed by atoms with Crippen LogP contribution in [0.1, 0.15) is 25.0 Å². The van der Waals surface area contributed by atoms with E-state index in [-0.39, 0.29) is 5.82 Å². The Labute approximate surface area is 128 Å². The first-order chi connectivity index (χ1) is 10.3. The lowest BCUT2D eigenvalue weighted by Crippen LogP contribution is -2.23. The van der Waals surface area contributed by atoms with Gasteiger partial charge >= 0.3 is 0 Å². The fraction of sp³-hybridized carbons (Fsp3) is 0.353. The zero-order valence-electron chi connectivity index (χ0n) is 11.9. The molecule has 0 saturated heterocycles. The molecule has 1 aromatic heterocycles. The summed E-state index contributed by atoms with van der Waals surface area (Å²) in [4.78, 5) is 4.61. The molecule has 2 aromatic rings. The maximum atomic E-state index is 12.9. The number of halogens is 1. The fourth-order valence-electron chi connectivity index (χ4n) is 2.56. The SMILES string of the molecule is Fc1ccc(-c2nc(CNCC3CC=CCC3)cs2)cc1. The van der Waals surface area contributed by atoms with Crippen molar-refractivity contribution in [2.45, 2.75) is 25.8 Å². The van der Waals surface area contributed by atoms with Crippen molar-refractivity contribution >= 4 is 11.3 Å².